The lowest BCUT2D eigenvalue weighted by Gasteiger charge is -2.17. The van der Waals surface area contributed by atoms with Crippen LogP contribution in [0.1, 0.15) is 0 Å². The van der Waals surface area contributed by atoms with Gasteiger partial charge >= 0.3 is 17.9 Å². The van der Waals surface area contributed by atoms with Crippen LogP contribution < -0.4 is 0 Å². The van der Waals surface area contributed by atoms with Crippen molar-refractivity contribution < 1.29 is 34.5 Å². The van der Waals surface area contributed by atoms with Crippen LogP contribution in [-0.4, -0.2) is 39.2 Å². The van der Waals surface area contributed by atoms with Crippen molar-refractivity contribution in [1.29, 1.82) is 0 Å². The van der Waals surface area contributed by atoms with Gasteiger partial charge in [0.05, 0.1) is 16.7 Å². The third-order valence-electron chi connectivity index (χ3n) is 2.15. The second-order valence-electron chi connectivity index (χ2n) is 3.10. The molecule has 0 saturated heterocycles. The van der Waals surface area contributed by atoms with Crippen LogP contribution in [0.3, 0.4) is 0 Å². The molecule has 0 aliphatic heterocycles. The van der Waals surface area contributed by atoms with E-state index in [0.717, 1.165) is 12.2 Å². The number of rotatable bonds is 3. The summed E-state index contributed by atoms with van der Waals surface area (Å²) in [6.45, 7) is 0. The minimum absolute atomic E-state index is 0.572. The molecule has 0 spiro atoms. The van der Waals surface area contributed by atoms with Crippen LogP contribution in [0.25, 0.3) is 0 Å². The molecule has 1 atom stereocenters. The molecule has 17 heavy (non-hydrogen) atoms. The summed E-state index contributed by atoms with van der Waals surface area (Å²) in [5, 5.41) is 26.3. The SMILES string of the molecule is O=C=C1C(C(=O)O)=CC=C(C(=O)O)C1C(=O)O. The Labute approximate surface area is 94.0 Å². The van der Waals surface area contributed by atoms with Gasteiger partial charge in [0.2, 0.25) is 0 Å². The molecule has 7 heteroatoms. The molecule has 1 aliphatic rings. The van der Waals surface area contributed by atoms with Crippen molar-refractivity contribution >= 4 is 23.8 Å². The number of carboxylic acids is 3. The van der Waals surface area contributed by atoms with E-state index in [9.17, 15) is 19.2 Å². The van der Waals surface area contributed by atoms with Gasteiger partial charge in [-0.2, -0.15) is 0 Å². The summed E-state index contributed by atoms with van der Waals surface area (Å²) in [5.74, 6) is -5.31. The molecule has 1 rings (SSSR count). The summed E-state index contributed by atoms with van der Waals surface area (Å²) in [7, 11) is 0. The molecule has 0 aromatic carbocycles. The van der Waals surface area contributed by atoms with Crippen molar-refractivity contribution in [3.8, 4) is 0 Å². The molecule has 0 saturated carbocycles. The van der Waals surface area contributed by atoms with Crippen molar-refractivity contribution in [1.82, 2.24) is 0 Å². The molecule has 1 unspecified atom stereocenters. The molecular weight excluding hydrogens is 232 g/mol. The lowest BCUT2D eigenvalue weighted by Crippen LogP contribution is -2.28. The Kier molecular flexibility index (Phi) is 3.26. The highest BCUT2D eigenvalue weighted by Gasteiger charge is 2.37. The van der Waals surface area contributed by atoms with Gasteiger partial charge in [0.25, 0.3) is 0 Å². The van der Waals surface area contributed by atoms with E-state index in [-0.39, 0.29) is 0 Å². The van der Waals surface area contributed by atoms with E-state index in [1.54, 1.807) is 0 Å². The predicted octanol–water partition coefficient (Wildman–Crippen LogP) is -0.519. The van der Waals surface area contributed by atoms with Crippen molar-refractivity contribution in [3.63, 3.8) is 0 Å². The van der Waals surface area contributed by atoms with Crippen LogP contribution in [0.2, 0.25) is 0 Å². The highest BCUT2D eigenvalue weighted by Crippen LogP contribution is 2.29. The fourth-order valence-corrected chi connectivity index (χ4v) is 1.42. The van der Waals surface area contributed by atoms with Crippen molar-refractivity contribution in [2.24, 2.45) is 5.92 Å². The number of allylic oxidation sites excluding steroid dienone is 2. The molecule has 0 heterocycles. The third-order valence-corrected chi connectivity index (χ3v) is 2.15. The maximum Gasteiger partial charge on any atom is 0.336 e. The van der Waals surface area contributed by atoms with E-state index in [1.165, 1.54) is 5.94 Å². The molecule has 0 aromatic rings. The average Bonchev–Trinajstić information content (AvgIpc) is 2.26. The molecule has 0 amide bonds. The number of carbonyl (C=O) groups excluding carboxylic acids is 1. The smallest absolute Gasteiger partial charge is 0.336 e. The first kappa shape index (κ1) is 12.4. The van der Waals surface area contributed by atoms with Crippen LogP contribution in [0.5, 0.6) is 0 Å². The van der Waals surface area contributed by atoms with E-state index in [2.05, 4.69) is 0 Å². The lowest BCUT2D eigenvalue weighted by atomic mass is 9.83. The average molecular weight is 238 g/mol. The van der Waals surface area contributed by atoms with Crippen molar-refractivity contribution in [3.05, 3.63) is 28.9 Å². The standard InChI is InChI=1S/C10H6O7/c11-3-6-4(8(12)13)1-2-5(9(14)15)7(6)10(16)17/h1-2,7H,(H,12,13)(H,14,15)(H,16,17). The second-order valence-corrected chi connectivity index (χ2v) is 3.10. The van der Waals surface area contributed by atoms with E-state index in [4.69, 9.17) is 15.3 Å². The van der Waals surface area contributed by atoms with Gasteiger partial charge in [-0.05, 0) is 12.2 Å². The Hall–Kier alpha value is -2.66. The summed E-state index contributed by atoms with van der Waals surface area (Å²) < 4.78 is 0. The van der Waals surface area contributed by atoms with Gasteiger partial charge in [0, 0.05) is 0 Å². The maximum atomic E-state index is 10.9. The molecule has 3 N–H and O–H groups in total. The number of hydrogen-bond acceptors (Lipinski definition) is 4. The largest absolute Gasteiger partial charge is 0.481 e. The summed E-state index contributed by atoms with van der Waals surface area (Å²) in [6, 6.07) is 0. The van der Waals surface area contributed by atoms with Crippen LogP contribution in [0.15, 0.2) is 28.9 Å². The Morgan fingerprint density at radius 2 is 1.65 bits per heavy atom. The monoisotopic (exact) mass is 238 g/mol. The first-order valence-corrected chi connectivity index (χ1v) is 4.26. The number of aliphatic carboxylic acids is 3. The van der Waals surface area contributed by atoms with Gasteiger partial charge in [0.1, 0.15) is 11.9 Å². The van der Waals surface area contributed by atoms with Gasteiger partial charge in [-0.15, -0.1) is 0 Å². The molecule has 0 radical (unpaired) electrons. The van der Waals surface area contributed by atoms with Gasteiger partial charge in [-0.1, -0.05) is 0 Å². The van der Waals surface area contributed by atoms with E-state index < -0.39 is 40.5 Å². The first-order chi connectivity index (χ1) is 7.90. The highest BCUT2D eigenvalue weighted by atomic mass is 16.4. The van der Waals surface area contributed by atoms with Crippen LogP contribution >= 0.6 is 0 Å². The Morgan fingerprint density at radius 3 is 2.00 bits per heavy atom. The van der Waals surface area contributed by atoms with Crippen LogP contribution in [0, 0.1) is 5.92 Å². The van der Waals surface area contributed by atoms with E-state index in [1.807, 2.05) is 0 Å². The van der Waals surface area contributed by atoms with Gasteiger partial charge in [0.15, 0.2) is 0 Å². The van der Waals surface area contributed by atoms with Gasteiger partial charge in [-0.25, -0.2) is 14.4 Å². The van der Waals surface area contributed by atoms with Gasteiger partial charge in [-0.3, -0.25) is 4.79 Å². The fourth-order valence-electron chi connectivity index (χ4n) is 1.42. The summed E-state index contributed by atoms with van der Waals surface area (Å²) in [4.78, 5) is 43.0. The van der Waals surface area contributed by atoms with Crippen LogP contribution in [0.4, 0.5) is 0 Å². The van der Waals surface area contributed by atoms with Crippen molar-refractivity contribution in [2.45, 2.75) is 0 Å². The third kappa shape index (κ3) is 2.14. The molecule has 88 valence electrons. The van der Waals surface area contributed by atoms with Gasteiger partial charge < -0.3 is 15.3 Å². The minimum Gasteiger partial charge on any atom is -0.481 e. The highest BCUT2D eigenvalue weighted by molar-refractivity contribution is 6.05. The molecule has 1 aliphatic carbocycles. The first-order valence-electron chi connectivity index (χ1n) is 4.26. The Bertz CT molecular complexity index is 517. The van der Waals surface area contributed by atoms with Crippen molar-refractivity contribution in [2.75, 3.05) is 0 Å². The Morgan fingerprint density at radius 1 is 1.06 bits per heavy atom. The maximum absolute atomic E-state index is 10.9. The van der Waals surface area contributed by atoms with Crippen LogP contribution in [-0.2, 0) is 19.2 Å². The fraction of sp³-hybridized carbons (Fsp3) is 0.100. The second kappa shape index (κ2) is 4.46. The normalized spacial score (nSPS) is 18.8. The molecule has 0 aromatic heterocycles. The topological polar surface area (TPSA) is 129 Å². The molecule has 7 nitrogen and oxygen atoms in total. The minimum atomic E-state index is -1.82. The zero-order valence-corrected chi connectivity index (χ0v) is 8.21. The zero-order chi connectivity index (χ0) is 13.2. The number of hydrogen-bond donors (Lipinski definition) is 3. The Balaban J connectivity index is 3.46. The zero-order valence-electron chi connectivity index (χ0n) is 8.21. The van der Waals surface area contributed by atoms with E-state index >= 15 is 0 Å². The summed E-state index contributed by atoms with van der Waals surface area (Å²) in [5.41, 5.74) is -1.86. The lowest BCUT2D eigenvalue weighted by molar-refractivity contribution is -0.142. The number of carboxylic acid groups (broad SMARTS) is 3. The quantitative estimate of drug-likeness (QED) is 0.564. The van der Waals surface area contributed by atoms with E-state index in [0.29, 0.717) is 0 Å². The summed E-state index contributed by atoms with van der Waals surface area (Å²) >= 11 is 0. The molecule has 0 bridgehead atoms. The molecule has 0 fully saturated rings. The summed E-state index contributed by atoms with van der Waals surface area (Å²) in [6.07, 6.45) is 1.72. The number of carbonyl (C=O) groups is 3. The molecular formula is C10H6O7. The predicted molar refractivity (Wildman–Crippen MR) is 51.8 cm³/mol.